The lowest BCUT2D eigenvalue weighted by Gasteiger charge is -2.09. The van der Waals surface area contributed by atoms with Gasteiger partial charge in [-0.2, -0.15) is 0 Å². The summed E-state index contributed by atoms with van der Waals surface area (Å²) in [5.41, 5.74) is 7.32. The van der Waals surface area contributed by atoms with Gasteiger partial charge >= 0.3 is 0 Å². The van der Waals surface area contributed by atoms with Gasteiger partial charge in [-0.3, -0.25) is 30.7 Å². The highest BCUT2D eigenvalue weighted by molar-refractivity contribution is 7.80. The molecule has 0 unspecified atom stereocenters. The van der Waals surface area contributed by atoms with Gasteiger partial charge in [0.2, 0.25) is 5.91 Å². The number of carbonyl (C=O) groups is 2. The lowest BCUT2D eigenvalue weighted by atomic mass is 10.1. The van der Waals surface area contributed by atoms with Gasteiger partial charge < -0.3 is 0 Å². The van der Waals surface area contributed by atoms with Gasteiger partial charge in [0.05, 0.1) is 0 Å². The first-order valence-electron chi connectivity index (χ1n) is 7.10. The highest BCUT2D eigenvalue weighted by Gasteiger charge is 2.05. The van der Waals surface area contributed by atoms with Crippen molar-refractivity contribution >= 4 is 35.2 Å². The van der Waals surface area contributed by atoms with Crippen LogP contribution in [-0.2, 0) is 4.79 Å². The Hall–Kier alpha value is -3.06. The maximum atomic E-state index is 11.8. The van der Waals surface area contributed by atoms with E-state index in [0.29, 0.717) is 5.56 Å². The van der Waals surface area contributed by atoms with Crippen LogP contribution in [0.3, 0.4) is 0 Å². The van der Waals surface area contributed by atoms with E-state index in [2.05, 4.69) is 21.2 Å². The molecule has 7 heteroatoms. The van der Waals surface area contributed by atoms with Crippen LogP contribution >= 0.6 is 12.2 Å². The standard InChI is InChI=1S/C17H16N4O2S/c1-12-2-4-13(5-3-12)6-7-15(22)19-17(24)21-20-16(23)14-8-10-18-11-9-14/h2-11H,1H3,(H,20,23)(H2,19,21,22,24). The summed E-state index contributed by atoms with van der Waals surface area (Å²) in [5, 5.41) is 2.43. The second kappa shape index (κ2) is 8.54. The van der Waals surface area contributed by atoms with Crippen LogP contribution in [0.2, 0.25) is 0 Å². The first kappa shape index (κ1) is 17.3. The summed E-state index contributed by atoms with van der Waals surface area (Å²) in [6.45, 7) is 1.99. The fraction of sp³-hybridized carbons (Fsp3) is 0.0588. The molecule has 1 heterocycles. The number of hydrogen-bond acceptors (Lipinski definition) is 4. The van der Waals surface area contributed by atoms with Crippen LogP contribution in [0.1, 0.15) is 21.5 Å². The zero-order valence-corrected chi connectivity index (χ0v) is 13.8. The lowest BCUT2D eigenvalue weighted by Crippen LogP contribution is -2.48. The summed E-state index contributed by atoms with van der Waals surface area (Å²) >= 11 is 4.94. The largest absolute Gasteiger partial charge is 0.298 e. The fourth-order valence-corrected chi connectivity index (χ4v) is 1.87. The number of amides is 2. The third-order valence-electron chi connectivity index (χ3n) is 2.97. The van der Waals surface area contributed by atoms with Crippen molar-refractivity contribution in [2.75, 3.05) is 0 Å². The minimum Gasteiger partial charge on any atom is -0.298 e. The first-order chi connectivity index (χ1) is 11.5. The number of rotatable bonds is 3. The van der Waals surface area contributed by atoms with E-state index in [0.717, 1.165) is 11.1 Å². The van der Waals surface area contributed by atoms with E-state index in [4.69, 9.17) is 12.2 Å². The van der Waals surface area contributed by atoms with Crippen molar-refractivity contribution in [1.82, 2.24) is 21.2 Å². The quantitative estimate of drug-likeness (QED) is 0.450. The first-order valence-corrected chi connectivity index (χ1v) is 7.51. The highest BCUT2D eigenvalue weighted by atomic mass is 32.1. The number of hydrogen-bond donors (Lipinski definition) is 3. The number of nitrogens with zero attached hydrogens (tertiary/aromatic N) is 1. The molecule has 0 saturated heterocycles. The molecule has 0 spiro atoms. The van der Waals surface area contributed by atoms with E-state index in [1.165, 1.54) is 18.5 Å². The lowest BCUT2D eigenvalue weighted by molar-refractivity contribution is -0.115. The molecule has 0 saturated carbocycles. The number of pyridine rings is 1. The Morgan fingerprint density at radius 3 is 2.38 bits per heavy atom. The van der Waals surface area contributed by atoms with Crippen LogP contribution in [0.5, 0.6) is 0 Å². The van der Waals surface area contributed by atoms with Crippen LogP contribution in [0, 0.1) is 6.92 Å². The minimum atomic E-state index is -0.397. The molecule has 3 N–H and O–H groups in total. The monoisotopic (exact) mass is 340 g/mol. The molecule has 2 aromatic rings. The molecule has 2 rings (SSSR count). The smallest absolute Gasteiger partial charge is 0.269 e. The Kier molecular flexibility index (Phi) is 6.16. The van der Waals surface area contributed by atoms with Crippen molar-refractivity contribution in [3.8, 4) is 0 Å². The molecule has 1 aromatic carbocycles. The minimum absolute atomic E-state index is 0.00374. The van der Waals surface area contributed by atoms with Crippen LogP contribution in [-0.4, -0.2) is 21.9 Å². The molecule has 0 aliphatic rings. The number of hydrazine groups is 1. The van der Waals surface area contributed by atoms with Crippen LogP contribution < -0.4 is 16.2 Å². The Morgan fingerprint density at radius 2 is 1.71 bits per heavy atom. The van der Waals surface area contributed by atoms with Gasteiger partial charge in [-0.1, -0.05) is 29.8 Å². The Labute approximate surface area is 145 Å². The molecule has 122 valence electrons. The third kappa shape index (κ3) is 5.62. The van der Waals surface area contributed by atoms with Crippen molar-refractivity contribution in [2.24, 2.45) is 0 Å². The van der Waals surface area contributed by atoms with Gasteiger partial charge in [0.1, 0.15) is 0 Å². The molecule has 6 nitrogen and oxygen atoms in total. The molecule has 0 bridgehead atoms. The molecule has 0 radical (unpaired) electrons. The molecular weight excluding hydrogens is 324 g/mol. The molecule has 24 heavy (non-hydrogen) atoms. The van der Waals surface area contributed by atoms with Crippen molar-refractivity contribution < 1.29 is 9.59 Å². The van der Waals surface area contributed by atoms with Gasteiger partial charge in [0.15, 0.2) is 5.11 Å². The molecule has 2 amide bonds. The number of aromatic nitrogens is 1. The number of thiocarbonyl (C=S) groups is 1. The average molecular weight is 340 g/mol. The summed E-state index contributed by atoms with van der Waals surface area (Å²) < 4.78 is 0. The van der Waals surface area contributed by atoms with E-state index >= 15 is 0 Å². The number of carbonyl (C=O) groups excluding carboxylic acids is 2. The fourth-order valence-electron chi connectivity index (χ4n) is 1.72. The zero-order chi connectivity index (χ0) is 17.4. The van der Waals surface area contributed by atoms with Crippen LogP contribution in [0.4, 0.5) is 0 Å². The Bertz CT molecular complexity index is 758. The van der Waals surface area contributed by atoms with E-state index in [-0.39, 0.29) is 11.0 Å². The molecule has 0 aliphatic heterocycles. The number of aryl methyl sites for hydroxylation is 1. The number of benzene rings is 1. The maximum absolute atomic E-state index is 11.8. The van der Waals surface area contributed by atoms with E-state index < -0.39 is 5.91 Å². The molecule has 1 aromatic heterocycles. The maximum Gasteiger partial charge on any atom is 0.269 e. The van der Waals surface area contributed by atoms with Gasteiger partial charge in [0.25, 0.3) is 5.91 Å². The normalized spacial score (nSPS) is 10.2. The van der Waals surface area contributed by atoms with Crippen LogP contribution in [0.15, 0.2) is 54.9 Å². The summed E-state index contributed by atoms with van der Waals surface area (Å²) in [5.74, 6) is -0.782. The van der Waals surface area contributed by atoms with Crippen molar-refractivity contribution in [3.05, 3.63) is 71.6 Å². The third-order valence-corrected chi connectivity index (χ3v) is 3.18. The second-order valence-electron chi connectivity index (χ2n) is 4.88. The van der Waals surface area contributed by atoms with Gasteiger partial charge in [-0.05, 0) is 42.9 Å². The van der Waals surface area contributed by atoms with Crippen molar-refractivity contribution in [2.45, 2.75) is 6.92 Å². The summed E-state index contributed by atoms with van der Waals surface area (Å²) in [4.78, 5) is 27.4. The zero-order valence-electron chi connectivity index (χ0n) is 12.9. The van der Waals surface area contributed by atoms with E-state index in [9.17, 15) is 9.59 Å². The van der Waals surface area contributed by atoms with E-state index in [1.807, 2.05) is 31.2 Å². The van der Waals surface area contributed by atoms with Gasteiger partial charge in [-0.15, -0.1) is 0 Å². The SMILES string of the molecule is Cc1ccc(C=CC(=O)NC(=S)NNC(=O)c2ccncc2)cc1. The predicted octanol–water partition coefficient (Wildman–Crippen LogP) is 1.74. The summed E-state index contributed by atoms with van der Waals surface area (Å²) in [6, 6.07) is 10.8. The van der Waals surface area contributed by atoms with Crippen molar-refractivity contribution in [3.63, 3.8) is 0 Å². The Balaban J connectivity index is 1.78. The van der Waals surface area contributed by atoms with Gasteiger partial charge in [-0.25, -0.2) is 0 Å². The summed E-state index contributed by atoms with van der Waals surface area (Å²) in [6.07, 6.45) is 6.05. The summed E-state index contributed by atoms with van der Waals surface area (Å²) in [7, 11) is 0. The van der Waals surface area contributed by atoms with Crippen LogP contribution in [0.25, 0.3) is 6.08 Å². The molecule has 0 fully saturated rings. The second-order valence-corrected chi connectivity index (χ2v) is 5.29. The topological polar surface area (TPSA) is 83.1 Å². The van der Waals surface area contributed by atoms with E-state index in [1.54, 1.807) is 18.2 Å². The average Bonchev–Trinajstić information content (AvgIpc) is 2.60. The van der Waals surface area contributed by atoms with Gasteiger partial charge in [0, 0.05) is 24.0 Å². The molecule has 0 aliphatic carbocycles. The van der Waals surface area contributed by atoms with Crippen molar-refractivity contribution in [1.29, 1.82) is 0 Å². The predicted molar refractivity (Wildman–Crippen MR) is 95.8 cm³/mol. The highest BCUT2D eigenvalue weighted by Crippen LogP contribution is 2.04. The molecule has 0 atom stereocenters. The number of nitrogens with one attached hydrogen (secondary N) is 3. The Morgan fingerprint density at radius 1 is 1.04 bits per heavy atom. The molecular formula is C17H16N4O2S.